The maximum Gasteiger partial charge on any atom is 0.261 e. The number of amides is 1. The zero-order valence-corrected chi connectivity index (χ0v) is 13.0. The van der Waals surface area contributed by atoms with Gasteiger partial charge in [-0.25, -0.2) is 0 Å². The van der Waals surface area contributed by atoms with Crippen molar-refractivity contribution >= 4 is 29.1 Å². The second-order valence-corrected chi connectivity index (χ2v) is 5.43. The molecule has 0 aliphatic carbocycles. The molecule has 0 unspecified atom stereocenters. The van der Waals surface area contributed by atoms with Crippen molar-refractivity contribution in [2.45, 2.75) is 19.6 Å². The Labute approximate surface area is 133 Å². The minimum absolute atomic E-state index is 0.181. The Morgan fingerprint density at radius 2 is 1.57 bits per heavy atom. The highest BCUT2D eigenvalue weighted by atomic mass is 35.5. The normalized spacial score (nSPS) is 11.8. The maximum atomic E-state index is 12.0. The second-order valence-electron chi connectivity index (χ2n) is 4.56. The van der Waals surface area contributed by atoms with Gasteiger partial charge in [0.05, 0.1) is 0 Å². The van der Waals surface area contributed by atoms with E-state index in [1.54, 1.807) is 43.3 Å². The summed E-state index contributed by atoms with van der Waals surface area (Å²) in [5.41, 5.74) is 0.978. The van der Waals surface area contributed by atoms with Crippen molar-refractivity contribution in [2.24, 2.45) is 0 Å². The summed E-state index contributed by atoms with van der Waals surface area (Å²) < 4.78 is 5.55. The van der Waals surface area contributed by atoms with Crippen LogP contribution in [0.4, 0.5) is 0 Å². The van der Waals surface area contributed by atoms with Crippen LogP contribution in [0, 0.1) is 0 Å². The lowest BCUT2D eigenvalue weighted by Gasteiger charge is -2.14. The van der Waals surface area contributed by atoms with Gasteiger partial charge in [-0.3, -0.25) is 4.79 Å². The fraction of sp³-hybridized carbons (Fsp3) is 0.188. The van der Waals surface area contributed by atoms with Gasteiger partial charge in [0.1, 0.15) is 5.75 Å². The van der Waals surface area contributed by atoms with E-state index in [0.29, 0.717) is 22.3 Å². The average molecular weight is 324 g/mol. The van der Waals surface area contributed by atoms with Gasteiger partial charge >= 0.3 is 0 Å². The van der Waals surface area contributed by atoms with Crippen LogP contribution in [0.3, 0.4) is 0 Å². The fourth-order valence-corrected chi connectivity index (χ4v) is 1.96. The van der Waals surface area contributed by atoms with Crippen molar-refractivity contribution in [2.75, 3.05) is 0 Å². The van der Waals surface area contributed by atoms with E-state index in [1.807, 2.05) is 12.1 Å². The van der Waals surface area contributed by atoms with Crippen molar-refractivity contribution in [1.82, 2.24) is 5.32 Å². The van der Waals surface area contributed by atoms with Crippen LogP contribution in [0.25, 0.3) is 0 Å². The van der Waals surface area contributed by atoms with Gasteiger partial charge in [-0.1, -0.05) is 35.3 Å². The zero-order valence-electron chi connectivity index (χ0n) is 11.5. The fourth-order valence-electron chi connectivity index (χ4n) is 1.71. The van der Waals surface area contributed by atoms with Crippen LogP contribution < -0.4 is 10.1 Å². The molecule has 0 heterocycles. The Balaban J connectivity index is 1.84. The van der Waals surface area contributed by atoms with Gasteiger partial charge in [-0.05, 0) is 48.9 Å². The number of benzene rings is 2. The first-order valence-electron chi connectivity index (χ1n) is 6.49. The first kappa shape index (κ1) is 15.7. The van der Waals surface area contributed by atoms with E-state index >= 15 is 0 Å². The molecule has 1 amide bonds. The lowest BCUT2D eigenvalue weighted by atomic mass is 10.2. The summed E-state index contributed by atoms with van der Waals surface area (Å²) >= 11 is 11.6. The molecule has 0 fully saturated rings. The first-order chi connectivity index (χ1) is 10.0. The van der Waals surface area contributed by atoms with Crippen LogP contribution in [0.5, 0.6) is 5.75 Å². The molecule has 110 valence electrons. The zero-order chi connectivity index (χ0) is 15.2. The van der Waals surface area contributed by atoms with E-state index in [0.717, 1.165) is 5.56 Å². The molecule has 1 atom stereocenters. The molecule has 0 bridgehead atoms. The summed E-state index contributed by atoms with van der Waals surface area (Å²) in [4.78, 5) is 12.0. The van der Waals surface area contributed by atoms with Crippen LogP contribution in [-0.2, 0) is 11.3 Å². The van der Waals surface area contributed by atoms with E-state index in [-0.39, 0.29) is 5.91 Å². The predicted octanol–water partition coefficient (Wildman–Crippen LogP) is 4.08. The van der Waals surface area contributed by atoms with E-state index in [4.69, 9.17) is 27.9 Å². The predicted molar refractivity (Wildman–Crippen MR) is 84.8 cm³/mol. The third kappa shape index (κ3) is 4.96. The summed E-state index contributed by atoms with van der Waals surface area (Å²) in [6.45, 7) is 2.14. The van der Waals surface area contributed by atoms with Crippen LogP contribution in [0.2, 0.25) is 10.0 Å². The van der Waals surface area contributed by atoms with Gasteiger partial charge in [-0.15, -0.1) is 0 Å². The number of halogens is 2. The third-order valence-electron chi connectivity index (χ3n) is 2.88. The van der Waals surface area contributed by atoms with Crippen molar-refractivity contribution in [3.8, 4) is 5.75 Å². The van der Waals surface area contributed by atoms with Crippen molar-refractivity contribution < 1.29 is 9.53 Å². The number of nitrogens with one attached hydrogen (secondary N) is 1. The van der Waals surface area contributed by atoms with Gasteiger partial charge in [0.2, 0.25) is 0 Å². The van der Waals surface area contributed by atoms with Crippen LogP contribution in [0.15, 0.2) is 48.5 Å². The Morgan fingerprint density at radius 3 is 2.14 bits per heavy atom. The molecule has 0 aromatic heterocycles. The number of hydrogen-bond donors (Lipinski definition) is 1. The SMILES string of the molecule is C[C@@H](Oc1ccc(Cl)cc1)C(=O)NCc1ccc(Cl)cc1. The molecule has 0 aliphatic heterocycles. The smallest absolute Gasteiger partial charge is 0.261 e. The number of ether oxygens (including phenoxy) is 1. The third-order valence-corrected chi connectivity index (χ3v) is 3.38. The minimum atomic E-state index is -0.585. The van der Waals surface area contributed by atoms with Crippen LogP contribution in [0.1, 0.15) is 12.5 Å². The molecular formula is C16H15Cl2NO2. The highest BCUT2D eigenvalue weighted by Crippen LogP contribution is 2.17. The number of carbonyl (C=O) groups is 1. The highest BCUT2D eigenvalue weighted by molar-refractivity contribution is 6.30. The number of rotatable bonds is 5. The van der Waals surface area contributed by atoms with E-state index in [9.17, 15) is 4.79 Å². The largest absolute Gasteiger partial charge is 0.481 e. The van der Waals surface area contributed by atoms with Gasteiger partial charge < -0.3 is 10.1 Å². The summed E-state index contributed by atoms with van der Waals surface area (Å²) in [6.07, 6.45) is -0.585. The lowest BCUT2D eigenvalue weighted by molar-refractivity contribution is -0.127. The Kier molecular flexibility index (Phi) is 5.48. The molecular weight excluding hydrogens is 309 g/mol. The van der Waals surface area contributed by atoms with Gasteiger partial charge in [0.15, 0.2) is 6.10 Å². The Morgan fingerprint density at radius 1 is 1.05 bits per heavy atom. The standard InChI is InChI=1S/C16H15Cl2NO2/c1-11(21-15-8-6-14(18)7-9-15)16(20)19-10-12-2-4-13(17)5-3-12/h2-9,11H,10H2,1H3,(H,19,20)/t11-/m1/s1. The maximum absolute atomic E-state index is 12.0. The molecule has 3 nitrogen and oxygen atoms in total. The van der Waals surface area contributed by atoms with Crippen molar-refractivity contribution in [3.63, 3.8) is 0 Å². The van der Waals surface area contributed by atoms with Crippen molar-refractivity contribution in [3.05, 3.63) is 64.1 Å². The Bertz CT molecular complexity index is 597. The molecule has 0 radical (unpaired) electrons. The molecule has 0 spiro atoms. The number of carbonyl (C=O) groups excluding carboxylic acids is 1. The van der Waals surface area contributed by atoms with Crippen LogP contribution >= 0.6 is 23.2 Å². The van der Waals surface area contributed by atoms with Crippen molar-refractivity contribution in [1.29, 1.82) is 0 Å². The average Bonchev–Trinajstić information content (AvgIpc) is 2.48. The number of hydrogen-bond acceptors (Lipinski definition) is 2. The molecule has 2 rings (SSSR count). The molecule has 0 saturated carbocycles. The topological polar surface area (TPSA) is 38.3 Å². The van der Waals surface area contributed by atoms with E-state index in [1.165, 1.54) is 0 Å². The molecule has 2 aromatic rings. The summed E-state index contributed by atoms with van der Waals surface area (Å²) in [6, 6.07) is 14.2. The van der Waals surface area contributed by atoms with Gasteiger partial charge in [-0.2, -0.15) is 0 Å². The summed E-state index contributed by atoms with van der Waals surface area (Å²) in [7, 11) is 0. The highest BCUT2D eigenvalue weighted by Gasteiger charge is 2.14. The summed E-state index contributed by atoms with van der Waals surface area (Å²) in [5.74, 6) is 0.424. The van der Waals surface area contributed by atoms with E-state index in [2.05, 4.69) is 5.32 Å². The molecule has 5 heteroatoms. The minimum Gasteiger partial charge on any atom is -0.481 e. The first-order valence-corrected chi connectivity index (χ1v) is 7.24. The quantitative estimate of drug-likeness (QED) is 0.900. The Hall–Kier alpha value is -1.71. The molecule has 2 aromatic carbocycles. The van der Waals surface area contributed by atoms with E-state index < -0.39 is 6.10 Å². The molecule has 0 aliphatic rings. The monoisotopic (exact) mass is 323 g/mol. The second kappa shape index (κ2) is 7.34. The van der Waals surface area contributed by atoms with Gasteiger partial charge in [0, 0.05) is 16.6 Å². The van der Waals surface area contributed by atoms with Crippen LogP contribution in [-0.4, -0.2) is 12.0 Å². The molecule has 0 saturated heterocycles. The lowest BCUT2D eigenvalue weighted by Crippen LogP contribution is -2.35. The molecule has 1 N–H and O–H groups in total. The summed E-state index contributed by atoms with van der Waals surface area (Å²) in [5, 5.41) is 4.11. The molecule has 21 heavy (non-hydrogen) atoms. The van der Waals surface area contributed by atoms with Gasteiger partial charge in [0.25, 0.3) is 5.91 Å².